The van der Waals surface area contributed by atoms with Gasteiger partial charge in [-0.25, -0.2) is 0 Å². The van der Waals surface area contributed by atoms with Gasteiger partial charge in [0.2, 0.25) is 11.8 Å². The summed E-state index contributed by atoms with van der Waals surface area (Å²) in [6.45, 7) is 9.64. The van der Waals surface area contributed by atoms with Gasteiger partial charge in [-0.2, -0.15) is 0 Å². The molecule has 1 aromatic rings. The van der Waals surface area contributed by atoms with Gasteiger partial charge >= 0.3 is 0 Å². The first-order valence-electron chi connectivity index (χ1n) is 13.7. The van der Waals surface area contributed by atoms with Crippen LogP contribution in [-0.2, 0) is 14.3 Å². The Labute approximate surface area is 214 Å². The van der Waals surface area contributed by atoms with Crippen molar-refractivity contribution in [2.75, 3.05) is 50.8 Å². The number of nitrogens with two attached hydrogens (primary N) is 1. The minimum Gasteiger partial charge on any atom is -0.369 e. The number of anilines is 1. The third kappa shape index (κ3) is 4.65. The summed E-state index contributed by atoms with van der Waals surface area (Å²) >= 11 is 0. The molecule has 1 aromatic carbocycles. The van der Waals surface area contributed by atoms with Crippen LogP contribution in [0.2, 0.25) is 0 Å². The maximum absolute atomic E-state index is 14.4. The smallest absolute Gasteiger partial charge is 0.249 e. The number of likely N-dealkylation sites (N-methyl/N-ethyl adjacent to an activating group) is 1. The minimum absolute atomic E-state index is 0.0160. The fourth-order valence-electron chi connectivity index (χ4n) is 6.91. The van der Waals surface area contributed by atoms with Gasteiger partial charge in [0.15, 0.2) is 5.78 Å². The number of ketones is 1. The molecular formula is C28H40N4O4. The summed E-state index contributed by atoms with van der Waals surface area (Å²) in [5.41, 5.74) is 8.06. The summed E-state index contributed by atoms with van der Waals surface area (Å²) in [5.74, 6) is -0.816. The first-order chi connectivity index (χ1) is 17.4. The highest BCUT2D eigenvalue weighted by molar-refractivity contribution is 5.99. The monoisotopic (exact) mass is 496 g/mol. The number of carbonyl (C=O) groups excluding carboxylic acids is 3. The third-order valence-electron chi connectivity index (χ3n) is 8.93. The summed E-state index contributed by atoms with van der Waals surface area (Å²) in [5, 5.41) is 0. The average molecular weight is 497 g/mol. The summed E-state index contributed by atoms with van der Waals surface area (Å²) in [6.07, 6.45) is 4.96. The van der Waals surface area contributed by atoms with Gasteiger partial charge < -0.3 is 25.2 Å². The molecule has 0 aromatic heterocycles. The highest BCUT2D eigenvalue weighted by atomic mass is 16.5. The molecule has 0 radical (unpaired) electrons. The molecule has 1 aliphatic carbocycles. The normalized spacial score (nSPS) is 28.4. The molecule has 2 amide bonds. The van der Waals surface area contributed by atoms with Crippen LogP contribution in [0.4, 0.5) is 5.69 Å². The van der Waals surface area contributed by atoms with E-state index in [2.05, 4.69) is 16.7 Å². The maximum atomic E-state index is 14.4. The van der Waals surface area contributed by atoms with Gasteiger partial charge in [0.25, 0.3) is 0 Å². The summed E-state index contributed by atoms with van der Waals surface area (Å²) in [4.78, 5) is 46.2. The third-order valence-corrected chi connectivity index (χ3v) is 8.93. The Hall–Kier alpha value is -2.45. The number of hydrogen-bond donors (Lipinski definition) is 1. The fraction of sp³-hybridized carbons (Fsp3) is 0.679. The highest BCUT2D eigenvalue weighted by Crippen LogP contribution is 2.42. The van der Waals surface area contributed by atoms with E-state index >= 15 is 0 Å². The van der Waals surface area contributed by atoms with E-state index in [9.17, 15) is 14.4 Å². The Morgan fingerprint density at radius 2 is 1.83 bits per heavy atom. The summed E-state index contributed by atoms with van der Waals surface area (Å²) in [7, 11) is 0. The number of piperazine rings is 1. The standard InChI is InChI=1S/C28H40N4O4/c1-3-30-11-13-31(14-12-30)20-9-10-21(27(29)34)22(15-20)24(19-7-5-4-6-8-19)28(35)32-16-18(2)26-25(32)23(33)17-36-26/h9-10,15,18-19,24-26H,3-8,11-14,16-17H2,1-2H3,(H2,29,34)/t18-,24+,25-,26-/m1/s1. The van der Waals surface area contributed by atoms with E-state index in [0.717, 1.165) is 69.7 Å². The molecular weight excluding hydrogens is 456 g/mol. The number of primary amides is 1. The van der Waals surface area contributed by atoms with Crippen LogP contribution in [0.1, 0.15) is 67.8 Å². The lowest BCUT2D eigenvalue weighted by Gasteiger charge is -2.37. The molecule has 0 bridgehead atoms. The number of benzene rings is 1. The summed E-state index contributed by atoms with van der Waals surface area (Å²) < 4.78 is 5.76. The van der Waals surface area contributed by atoms with Crippen molar-refractivity contribution in [3.05, 3.63) is 29.3 Å². The Bertz CT molecular complexity index is 999. The first-order valence-corrected chi connectivity index (χ1v) is 13.7. The quantitative estimate of drug-likeness (QED) is 0.650. The molecule has 2 N–H and O–H groups in total. The number of likely N-dealkylation sites (tertiary alicyclic amines) is 1. The van der Waals surface area contributed by atoms with Crippen LogP contribution in [0.5, 0.6) is 0 Å². The van der Waals surface area contributed by atoms with Crippen LogP contribution >= 0.6 is 0 Å². The predicted molar refractivity (Wildman–Crippen MR) is 138 cm³/mol. The van der Waals surface area contributed by atoms with E-state index in [1.165, 1.54) is 6.42 Å². The number of hydrogen-bond acceptors (Lipinski definition) is 6. The molecule has 8 heteroatoms. The van der Waals surface area contributed by atoms with E-state index in [1.807, 2.05) is 25.1 Å². The van der Waals surface area contributed by atoms with E-state index in [1.54, 1.807) is 4.90 Å². The second kappa shape index (κ2) is 10.5. The Kier molecular flexibility index (Phi) is 7.35. The number of rotatable bonds is 6. The number of fused-ring (bicyclic) bond motifs is 1. The number of nitrogens with zero attached hydrogens (tertiary/aromatic N) is 3. The molecule has 3 heterocycles. The van der Waals surface area contributed by atoms with Crippen molar-refractivity contribution in [2.24, 2.45) is 17.6 Å². The van der Waals surface area contributed by atoms with Gasteiger partial charge in [0, 0.05) is 49.9 Å². The van der Waals surface area contributed by atoms with E-state index in [0.29, 0.717) is 12.1 Å². The van der Waals surface area contributed by atoms with Gasteiger partial charge in [0.1, 0.15) is 12.6 Å². The Balaban J connectivity index is 1.52. The largest absolute Gasteiger partial charge is 0.369 e. The van der Waals surface area contributed by atoms with Crippen molar-refractivity contribution in [2.45, 2.75) is 64.0 Å². The molecule has 0 spiro atoms. The molecule has 196 valence electrons. The van der Waals surface area contributed by atoms with Gasteiger partial charge in [-0.1, -0.05) is 33.1 Å². The Morgan fingerprint density at radius 1 is 1.11 bits per heavy atom. The second-order valence-electron chi connectivity index (χ2n) is 11.1. The average Bonchev–Trinajstić information content (AvgIpc) is 3.45. The zero-order valence-electron chi connectivity index (χ0n) is 21.7. The van der Waals surface area contributed by atoms with Crippen molar-refractivity contribution in [3.8, 4) is 0 Å². The van der Waals surface area contributed by atoms with Crippen molar-refractivity contribution >= 4 is 23.3 Å². The lowest BCUT2D eigenvalue weighted by molar-refractivity contribution is -0.139. The molecule has 4 atom stereocenters. The first kappa shape index (κ1) is 25.2. The Morgan fingerprint density at radius 3 is 2.50 bits per heavy atom. The molecule has 3 aliphatic heterocycles. The second-order valence-corrected chi connectivity index (χ2v) is 11.1. The van der Waals surface area contributed by atoms with Crippen molar-refractivity contribution < 1.29 is 19.1 Å². The van der Waals surface area contributed by atoms with Crippen molar-refractivity contribution in [1.29, 1.82) is 0 Å². The minimum atomic E-state index is -0.513. The lowest BCUT2D eigenvalue weighted by atomic mass is 9.74. The van der Waals surface area contributed by atoms with Crippen LogP contribution in [0.25, 0.3) is 0 Å². The van der Waals surface area contributed by atoms with Crippen LogP contribution in [0.15, 0.2) is 18.2 Å². The van der Waals surface area contributed by atoms with Crippen LogP contribution in [0, 0.1) is 11.8 Å². The number of Topliss-reactive ketones (excluding diaryl/α,β-unsaturated/α-hetero) is 1. The predicted octanol–water partition coefficient (Wildman–Crippen LogP) is 2.41. The lowest BCUT2D eigenvalue weighted by Crippen LogP contribution is -2.47. The molecule has 1 saturated carbocycles. The molecule has 4 aliphatic rings. The fourth-order valence-corrected chi connectivity index (χ4v) is 6.91. The summed E-state index contributed by atoms with van der Waals surface area (Å²) in [6, 6.07) is 5.31. The number of ether oxygens (including phenoxy) is 1. The van der Waals surface area contributed by atoms with Crippen LogP contribution in [-0.4, -0.2) is 85.4 Å². The molecule has 8 nitrogen and oxygen atoms in total. The van der Waals surface area contributed by atoms with Crippen molar-refractivity contribution in [3.63, 3.8) is 0 Å². The molecule has 4 fully saturated rings. The van der Waals surface area contributed by atoms with E-state index in [4.69, 9.17) is 10.5 Å². The van der Waals surface area contributed by atoms with Crippen LogP contribution in [0.3, 0.4) is 0 Å². The zero-order valence-corrected chi connectivity index (χ0v) is 21.7. The van der Waals surface area contributed by atoms with Gasteiger partial charge in [0.05, 0.1) is 12.0 Å². The van der Waals surface area contributed by atoms with Crippen molar-refractivity contribution in [1.82, 2.24) is 9.80 Å². The molecule has 0 unspecified atom stereocenters. The molecule has 36 heavy (non-hydrogen) atoms. The maximum Gasteiger partial charge on any atom is 0.249 e. The topological polar surface area (TPSA) is 96.2 Å². The van der Waals surface area contributed by atoms with Gasteiger partial charge in [-0.3, -0.25) is 14.4 Å². The van der Waals surface area contributed by atoms with Gasteiger partial charge in [-0.15, -0.1) is 0 Å². The SMILES string of the molecule is CCN1CCN(c2ccc(C(N)=O)c([C@@H](C(=O)N3C[C@@H](C)[C@H]4OCC(=O)[C@H]43)C3CCCCC3)c2)CC1. The number of amides is 2. The molecule has 5 rings (SSSR count). The van der Waals surface area contributed by atoms with Gasteiger partial charge in [-0.05, 0) is 49.1 Å². The number of carbonyl (C=O) groups is 3. The zero-order chi connectivity index (χ0) is 25.4. The molecule has 3 saturated heterocycles. The highest BCUT2D eigenvalue weighted by Gasteiger charge is 2.52. The van der Waals surface area contributed by atoms with Crippen LogP contribution < -0.4 is 10.6 Å². The van der Waals surface area contributed by atoms with E-state index < -0.39 is 17.9 Å². The van der Waals surface area contributed by atoms with E-state index in [-0.39, 0.29) is 36.2 Å².